The first kappa shape index (κ1) is 18.7. The summed E-state index contributed by atoms with van der Waals surface area (Å²) in [7, 11) is 1.05. The molecule has 1 amide bonds. The third-order valence-electron chi connectivity index (χ3n) is 3.52. The Kier molecular flexibility index (Phi) is 6.23. The number of hydrogen-bond acceptors (Lipinski definition) is 8. The van der Waals surface area contributed by atoms with E-state index in [9.17, 15) is 30.0 Å². The topological polar surface area (TPSA) is 166 Å². The van der Waals surface area contributed by atoms with Crippen LogP contribution in [0.2, 0.25) is 0 Å². The van der Waals surface area contributed by atoms with Crippen LogP contribution in [-0.2, 0) is 19.1 Å². The van der Waals surface area contributed by atoms with Crippen LogP contribution in [0.5, 0.6) is 0 Å². The van der Waals surface area contributed by atoms with Gasteiger partial charge in [-0.2, -0.15) is 0 Å². The van der Waals surface area contributed by atoms with Gasteiger partial charge in [-0.1, -0.05) is 0 Å². The summed E-state index contributed by atoms with van der Waals surface area (Å²) in [5, 5.41) is 50.1. The molecule has 22 heavy (non-hydrogen) atoms. The first-order valence-electron chi connectivity index (χ1n) is 6.57. The van der Waals surface area contributed by atoms with Crippen LogP contribution in [0.4, 0.5) is 0 Å². The van der Waals surface area contributed by atoms with E-state index in [-0.39, 0.29) is 0 Å². The minimum atomic E-state index is -2.24. The van der Waals surface area contributed by atoms with E-state index in [1.807, 2.05) is 0 Å². The van der Waals surface area contributed by atoms with Crippen LogP contribution in [0.15, 0.2) is 0 Å². The molecule has 0 aromatic carbocycles. The van der Waals surface area contributed by atoms with Gasteiger partial charge in [0.25, 0.3) is 5.79 Å². The van der Waals surface area contributed by atoms with Gasteiger partial charge in [0.05, 0.1) is 18.8 Å². The van der Waals surface area contributed by atoms with Gasteiger partial charge >= 0.3 is 5.97 Å². The van der Waals surface area contributed by atoms with Crippen molar-refractivity contribution >= 4 is 11.9 Å². The maximum atomic E-state index is 11.3. The Morgan fingerprint density at radius 2 is 2.05 bits per heavy atom. The zero-order valence-electron chi connectivity index (χ0n) is 12.2. The standard InChI is InChI=1S/C12H21NO9/c1-5(15)13-8-6(16)3-12(21-2,11(19)20)22-10(8)9(18)7(17)4-14/h6-10,14,16-18H,3-4H2,1-2H3,(H,13,15)(H,19,20)/t6-,7-,8-,9-,10?,12-/m1/s1. The number of ether oxygens (including phenoxy) is 2. The quantitative estimate of drug-likeness (QED) is 0.295. The van der Waals surface area contributed by atoms with Crippen molar-refractivity contribution in [2.24, 2.45) is 0 Å². The Morgan fingerprint density at radius 3 is 2.45 bits per heavy atom. The largest absolute Gasteiger partial charge is 0.477 e. The van der Waals surface area contributed by atoms with Crippen molar-refractivity contribution in [1.82, 2.24) is 5.32 Å². The molecule has 1 heterocycles. The van der Waals surface area contributed by atoms with Crippen LogP contribution in [0.25, 0.3) is 0 Å². The van der Waals surface area contributed by atoms with Crippen LogP contribution in [0, 0.1) is 0 Å². The minimum absolute atomic E-state index is 0.498. The molecule has 0 spiro atoms. The maximum absolute atomic E-state index is 11.3. The van der Waals surface area contributed by atoms with E-state index in [2.05, 4.69) is 5.32 Å². The summed E-state index contributed by atoms with van der Waals surface area (Å²) in [6.07, 6.45) is -6.84. The van der Waals surface area contributed by atoms with E-state index in [0.29, 0.717) is 0 Å². The predicted molar refractivity (Wildman–Crippen MR) is 69.6 cm³/mol. The molecule has 6 N–H and O–H groups in total. The number of aliphatic hydroxyl groups is 4. The molecular formula is C12H21NO9. The number of amides is 1. The summed E-state index contributed by atoms with van der Waals surface area (Å²) in [6.45, 7) is 0.338. The lowest BCUT2D eigenvalue weighted by atomic mass is 9.88. The zero-order valence-corrected chi connectivity index (χ0v) is 12.2. The summed E-state index contributed by atoms with van der Waals surface area (Å²) in [6, 6.07) is -1.18. The van der Waals surface area contributed by atoms with Gasteiger partial charge in [0.1, 0.15) is 18.3 Å². The number of aliphatic carboxylic acids is 1. The Balaban J connectivity index is 3.14. The van der Waals surface area contributed by atoms with Crippen molar-refractivity contribution < 1.29 is 44.6 Å². The molecule has 1 aliphatic rings. The monoisotopic (exact) mass is 323 g/mol. The number of hydrogen-bond donors (Lipinski definition) is 6. The highest BCUT2D eigenvalue weighted by Crippen LogP contribution is 2.32. The molecule has 10 heteroatoms. The molecule has 1 saturated heterocycles. The molecule has 0 aromatic heterocycles. The fourth-order valence-corrected chi connectivity index (χ4v) is 2.34. The summed E-state index contributed by atoms with van der Waals surface area (Å²) < 4.78 is 10.0. The molecule has 6 atom stereocenters. The molecule has 0 aromatic rings. The van der Waals surface area contributed by atoms with Gasteiger partial charge in [0.2, 0.25) is 5.91 Å². The number of carbonyl (C=O) groups excluding carboxylic acids is 1. The number of methoxy groups -OCH3 is 1. The molecule has 0 aliphatic carbocycles. The van der Waals surface area contributed by atoms with E-state index in [4.69, 9.17) is 14.6 Å². The van der Waals surface area contributed by atoms with E-state index < -0.39 is 61.1 Å². The Labute approximate surface area is 126 Å². The molecule has 1 rings (SSSR count). The second-order valence-corrected chi connectivity index (χ2v) is 5.08. The number of aliphatic hydroxyl groups excluding tert-OH is 4. The molecular weight excluding hydrogens is 302 g/mol. The fourth-order valence-electron chi connectivity index (χ4n) is 2.34. The summed E-state index contributed by atoms with van der Waals surface area (Å²) in [4.78, 5) is 22.6. The second kappa shape index (κ2) is 7.31. The molecule has 10 nitrogen and oxygen atoms in total. The lowest BCUT2D eigenvalue weighted by Crippen LogP contribution is -2.67. The molecule has 1 fully saturated rings. The van der Waals surface area contributed by atoms with Crippen molar-refractivity contribution in [3.05, 3.63) is 0 Å². The third-order valence-corrected chi connectivity index (χ3v) is 3.52. The Morgan fingerprint density at radius 1 is 1.45 bits per heavy atom. The average molecular weight is 323 g/mol. The van der Waals surface area contributed by atoms with Crippen molar-refractivity contribution in [2.45, 2.75) is 49.6 Å². The smallest absolute Gasteiger partial charge is 0.364 e. The van der Waals surface area contributed by atoms with Crippen molar-refractivity contribution in [3.63, 3.8) is 0 Å². The van der Waals surface area contributed by atoms with E-state index in [1.54, 1.807) is 0 Å². The number of carboxylic acids is 1. The van der Waals surface area contributed by atoms with Crippen LogP contribution < -0.4 is 5.32 Å². The number of rotatable bonds is 6. The molecule has 128 valence electrons. The molecule has 0 saturated carbocycles. The normalized spacial score (nSPS) is 34.7. The van der Waals surface area contributed by atoms with Gasteiger partial charge in [-0.05, 0) is 0 Å². The van der Waals surface area contributed by atoms with Crippen molar-refractivity contribution in [1.29, 1.82) is 0 Å². The summed E-state index contributed by atoms with van der Waals surface area (Å²) >= 11 is 0. The van der Waals surface area contributed by atoms with Crippen molar-refractivity contribution in [2.75, 3.05) is 13.7 Å². The minimum Gasteiger partial charge on any atom is -0.477 e. The van der Waals surface area contributed by atoms with Crippen LogP contribution in [-0.4, -0.2) is 87.4 Å². The van der Waals surface area contributed by atoms with Gasteiger partial charge in [0, 0.05) is 20.5 Å². The van der Waals surface area contributed by atoms with Gasteiger partial charge in [-0.3, -0.25) is 4.79 Å². The predicted octanol–water partition coefficient (Wildman–Crippen LogP) is -3.22. The molecule has 0 radical (unpaired) electrons. The maximum Gasteiger partial charge on any atom is 0.364 e. The SMILES string of the molecule is CO[C@]1(C(=O)O)C[C@@H](O)[C@@H](NC(C)=O)C([C@H](O)[C@H](O)CO)O1. The lowest BCUT2D eigenvalue weighted by molar-refractivity contribution is -0.303. The van der Waals surface area contributed by atoms with Gasteiger partial charge < -0.3 is 40.3 Å². The second-order valence-electron chi connectivity index (χ2n) is 5.08. The van der Waals surface area contributed by atoms with Crippen LogP contribution >= 0.6 is 0 Å². The highest BCUT2D eigenvalue weighted by molar-refractivity contribution is 5.76. The highest BCUT2D eigenvalue weighted by Gasteiger charge is 2.55. The Hall–Kier alpha value is -1.30. The van der Waals surface area contributed by atoms with Crippen molar-refractivity contribution in [3.8, 4) is 0 Å². The van der Waals surface area contributed by atoms with Gasteiger partial charge in [-0.15, -0.1) is 0 Å². The number of nitrogens with one attached hydrogen (secondary N) is 1. The average Bonchev–Trinajstić information content (AvgIpc) is 2.46. The zero-order chi connectivity index (χ0) is 17.1. The lowest BCUT2D eigenvalue weighted by Gasteiger charge is -2.46. The summed E-state index contributed by atoms with van der Waals surface area (Å²) in [5.41, 5.74) is 0. The molecule has 1 unspecified atom stereocenters. The fraction of sp³-hybridized carbons (Fsp3) is 0.833. The number of carbonyl (C=O) groups is 2. The Bertz CT molecular complexity index is 417. The van der Waals surface area contributed by atoms with Gasteiger partial charge in [0.15, 0.2) is 0 Å². The number of carboxylic acid groups (broad SMARTS) is 1. The third kappa shape index (κ3) is 3.72. The first-order valence-corrected chi connectivity index (χ1v) is 6.57. The van der Waals surface area contributed by atoms with E-state index in [0.717, 1.165) is 14.0 Å². The first-order chi connectivity index (χ1) is 10.2. The van der Waals surface area contributed by atoms with Gasteiger partial charge in [-0.25, -0.2) is 4.79 Å². The van der Waals surface area contributed by atoms with E-state index >= 15 is 0 Å². The van der Waals surface area contributed by atoms with Crippen LogP contribution in [0.1, 0.15) is 13.3 Å². The van der Waals surface area contributed by atoms with E-state index in [1.165, 1.54) is 0 Å². The van der Waals surface area contributed by atoms with Crippen LogP contribution in [0.3, 0.4) is 0 Å². The molecule has 0 bridgehead atoms. The summed E-state index contributed by atoms with van der Waals surface area (Å²) in [5.74, 6) is -4.33. The highest BCUT2D eigenvalue weighted by atomic mass is 16.7. The molecule has 1 aliphatic heterocycles.